The first-order chi connectivity index (χ1) is 15.8. The van der Waals surface area contributed by atoms with Gasteiger partial charge in [0, 0.05) is 26.2 Å². The van der Waals surface area contributed by atoms with Gasteiger partial charge in [-0.3, -0.25) is 9.69 Å². The fourth-order valence-electron chi connectivity index (χ4n) is 3.94. The number of carbonyl (C=O) groups excluding carboxylic acids is 1. The monoisotopic (exact) mass is 430 g/mol. The van der Waals surface area contributed by atoms with Crippen LogP contribution in [0.5, 0.6) is 5.75 Å². The molecule has 1 aliphatic heterocycles. The third-order valence-electron chi connectivity index (χ3n) is 5.67. The molecular formula is C27H30N2O3. The lowest BCUT2D eigenvalue weighted by atomic mass is 9.90. The first-order valence-corrected chi connectivity index (χ1v) is 11.2. The van der Waals surface area contributed by atoms with Crippen LogP contribution in [0.1, 0.15) is 22.6 Å². The lowest BCUT2D eigenvalue weighted by Crippen LogP contribution is -2.38. The Morgan fingerprint density at radius 1 is 0.906 bits per heavy atom. The second-order valence-electron chi connectivity index (χ2n) is 7.92. The van der Waals surface area contributed by atoms with Crippen molar-refractivity contribution in [3.05, 3.63) is 102 Å². The highest BCUT2D eigenvalue weighted by Gasteiger charge is 2.22. The molecule has 1 aliphatic rings. The minimum Gasteiger partial charge on any atom is -0.492 e. The zero-order valence-electron chi connectivity index (χ0n) is 18.3. The predicted octanol–water partition coefficient (Wildman–Crippen LogP) is 3.85. The van der Waals surface area contributed by atoms with E-state index >= 15 is 0 Å². The summed E-state index contributed by atoms with van der Waals surface area (Å²) in [5, 5.41) is 3.11. The summed E-state index contributed by atoms with van der Waals surface area (Å²) in [6.07, 6.45) is 0. The molecule has 4 rings (SSSR count). The maximum atomic E-state index is 13.2. The highest BCUT2D eigenvalue weighted by molar-refractivity contribution is 5.87. The van der Waals surface area contributed by atoms with Crippen LogP contribution >= 0.6 is 0 Å². The molecule has 1 heterocycles. The standard InChI is InChI=1S/C27H30N2O3/c30-27(26(23-9-3-1-4-10-23)24-11-5-2-6-12-24)28-21-22-8-7-13-25(20-22)32-19-16-29-14-17-31-18-15-29/h1-13,20,26H,14-19,21H2,(H,28,30). The van der Waals surface area contributed by atoms with Crippen LogP contribution in [0.2, 0.25) is 0 Å². The molecule has 5 nitrogen and oxygen atoms in total. The van der Waals surface area contributed by atoms with Crippen molar-refractivity contribution in [2.24, 2.45) is 0 Å². The first kappa shape index (κ1) is 22.1. The quantitative estimate of drug-likeness (QED) is 0.560. The third-order valence-corrected chi connectivity index (χ3v) is 5.67. The Balaban J connectivity index is 1.35. The van der Waals surface area contributed by atoms with E-state index in [-0.39, 0.29) is 11.8 Å². The van der Waals surface area contributed by atoms with Crippen molar-refractivity contribution < 1.29 is 14.3 Å². The van der Waals surface area contributed by atoms with Crippen LogP contribution in [0.4, 0.5) is 0 Å². The smallest absolute Gasteiger partial charge is 0.232 e. The molecule has 1 saturated heterocycles. The maximum absolute atomic E-state index is 13.2. The van der Waals surface area contributed by atoms with Gasteiger partial charge in [-0.1, -0.05) is 72.8 Å². The third kappa shape index (κ3) is 6.19. The van der Waals surface area contributed by atoms with E-state index in [2.05, 4.69) is 10.2 Å². The van der Waals surface area contributed by atoms with Crippen molar-refractivity contribution in [1.29, 1.82) is 0 Å². The molecule has 1 fully saturated rings. The van der Waals surface area contributed by atoms with E-state index in [0.717, 1.165) is 55.3 Å². The number of hydrogen-bond acceptors (Lipinski definition) is 4. The lowest BCUT2D eigenvalue weighted by Gasteiger charge is -2.26. The molecule has 0 saturated carbocycles. The maximum Gasteiger partial charge on any atom is 0.232 e. The number of ether oxygens (including phenoxy) is 2. The summed E-state index contributed by atoms with van der Waals surface area (Å²) in [4.78, 5) is 15.5. The van der Waals surface area contributed by atoms with Gasteiger partial charge in [0.25, 0.3) is 0 Å². The second-order valence-corrected chi connectivity index (χ2v) is 7.92. The minimum atomic E-state index is -0.342. The Bertz CT molecular complexity index is 933. The van der Waals surface area contributed by atoms with Crippen molar-refractivity contribution >= 4 is 5.91 Å². The first-order valence-electron chi connectivity index (χ1n) is 11.2. The molecule has 0 bridgehead atoms. The summed E-state index contributed by atoms with van der Waals surface area (Å²) in [5.41, 5.74) is 2.98. The van der Waals surface area contributed by atoms with Crippen LogP contribution in [0.15, 0.2) is 84.9 Å². The molecule has 3 aromatic rings. The zero-order valence-corrected chi connectivity index (χ0v) is 18.3. The van der Waals surface area contributed by atoms with Gasteiger partial charge in [0.1, 0.15) is 12.4 Å². The number of amides is 1. The Hall–Kier alpha value is -3.15. The van der Waals surface area contributed by atoms with Crippen molar-refractivity contribution in [3.8, 4) is 5.75 Å². The van der Waals surface area contributed by atoms with E-state index in [9.17, 15) is 4.79 Å². The van der Waals surface area contributed by atoms with Gasteiger partial charge in [-0.25, -0.2) is 0 Å². The summed E-state index contributed by atoms with van der Waals surface area (Å²) in [7, 11) is 0. The minimum absolute atomic E-state index is 0.0129. The van der Waals surface area contributed by atoms with Gasteiger partial charge in [0.05, 0.1) is 19.1 Å². The molecule has 0 aromatic heterocycles. The summed E-state index contributed by atoms with van der Waals surface area (Å²) in [5.74, 6) is 0.471. The van der Waals surface area contributed by atoms with E-state index < -0.39 is 0 Å². The number of nitrogens with one attached hydrogen (secondary N) is 1. The van der Waals surface area contributed by atoms with Gasteiger partial charge in [0.2, 0.25) is 5.91 Å². The van der Waals surface area contributed by atoms with Crippen LogP contribution in [-0.4, -0.2) is 50.3 Å². The average molecular weight is 431 g/mol. The van der Waals surface area contributed by atoms with Crippen LogP contribution in [-0.2, 0) is 16.1 Å². The molecule has 0 spiro atoms. The van der Waals surface area contributed by atoms with Crippen LogP contribution in [0.25, 0.3) is 0 Å². The Kier molecular flexibility index (Phi) is 7.90. The molecule has 1 N–H and O–H groups in total. The lowest BCUT2D eigenvalue weighted by molar-refractivity contribution is -0.121. The second kappa shape index (κ2) is 11.5. The highest BCUT2D eigenvalue weighted by atomic mass is 16.5. The molecule has 5 heteroatoms. The largest absolute Gasteiger partial charge is 0.492 e. The zero-order chi connectivity index (χ0) is 22.0. The fraction of sp³-hybridized carbons (Fsp3) is 0.296. The summed E-state index contributed by atoms with van der Waals surface area (Å²) < 4.78 is 11.3. The Labute approximate surface area is 190 Å². The van der Waals surface area contributed by atoms with E-state index in [1.165, 1.54) is 0 Å². The van der Waals surface area contributed by atoms with Crippen LogP contribution in [0.3, 0.4) is 0 Å². The number of carbonyl (C=O) groups is 1. The van der Waals surface area contributed by atoms with Gasteiger partial charge in [-0.15, -0.1) is 0 Å². The molecule has 0 aliphatic carbocycles. The number of morpholine rings is 1. The molecule has 1 amide bonds. The molecule has 166 valence electrons. The van der Waals surface area contributed by atoms with E-state index in [4.69, 9.17) is 9.47 Å². The Morgan fingerprint density at radius 3 is 2.22 bits per heavy atom. The number of benzene rings is 3. The molecular weight excluding hydrogens is 400 g/mol. The number of hydrogen-bond donors (Lipinski definition) is 1. The normalized spacial score (nSPS) is 14.3. The van der Waals surface area contributed by atoms with E-state index in [1.807, 2.05) is 84.9 Å². The van der Waals surface area contributed by atoms with Gasteiger partial charge in [0.15, 0.2) is 0 Å². The van der Waals surface area contributed by atoms with Crippen LogP contribution in [0, 0.1) is 0 Å². The topological polar surface area (TPSA) is 50.8 Å². The van der Waals surface area contributed by atoms with E-state index in [0.29, 0.717) is 13.2 Å². The molecule has 32 heavy (non-hydrogen) atoms. The van der Waals surface area contributed by atoms with Crippen molar-refractivity contribution in [2.45, 2.75) is 12.5 Å². The molecule has 3 aromatic carbocycles. The summed E-state index contributed by atoms with van der Waals surface area (Å²) in [6, 6.07) is 27.7. The highest BCUT2D eigenvalue weighted by Crippen LogP contribution is 2.25. The van der Waals surface area contributed by atoms with Gasteiger partial charge >= 0.3 is 0 Å². The number of rotatable bonds is 9. The van der Waals surface area contributed by atoms with Crippen LogP contribution < -0.4 is 10.1 Å². The van der Waals surface area contributed by atoms with Gasteiger partial charge in [-0.2, -0.15) is 0 Å². The number of nitrogens with zero attached hydrogens (tertiary/aromatic N) is 1. The predicted molar refractivity (Wildman–Crippen MR) is 126 cm³/mol. The van der Waals surface area contributed by atoms with E-state index in [1.54, 1.807) is 0 Å². The summed E-state index contributed by atoms with van der Waals surface area (Å²) in [6.45, 7) is 5.48. The fourth-order valence-corrected chi connectivity index (χ4v) is 3.94. The van der Waals surface area contributed by atoms with Crippen molar-refractivity contribution in [3.63, 3.8) is 0 Å². The molecule has 0 unspecified atom stereocenters. The SMILES string of the molecule is O=C(NCc1cccc(OCCN2CCOCC2)c1)C(c1ccccc1)c1ccccc1. The average Bonchev–Trinajstić information content (AvgIpc) is 2.85. The van der Waals surface area contributed by atoms with Gasteiger partial charge in [-0.05, 0) is 28.8 Å². The van der Waals surface area contributed by atoms with Gasteiger partial charge < -0.3 is 14.8 Å². The molecule has 0 radical (unpaired) electrons. The molecule has 0 atom stereocenters. The van der Waals surface area contributed by atoms with Crippen molar-refractivity contribution in [1.82, 2.24) is 10.2 Å². The Morgan fingerprint density at radius 2 is 1.56 bits per heavy atom. The summed E-state index contributed by atoms with van der Waals surface area (Å²) >= 11 is 0. The van der Waals surface area contributed by atoms with Crippen molar-refractivity contribution in [2.75, 3.05) is 39.5 Å².